The third kappa shape index (κ3) is 8.59. The molecule has 3 aromatic heterocycles. The predicted molar refractivity (Wildman–Crippen MR) is 201 cm³/mol. The number of rotatable bonds is 12. The standard InChI is InChI=1S/C37H44F3N7O3.2ClH/c1-45(22-36(23-50-2)12-3-4-13-36)30-20-29(26-19-28(37(38,39)40)32(41-21-26)24-5-6-24)42-35-33(30)43-34(44-35)25-7-9-27(10-8-25)47-17-15-46(16-18-47)14-11-31(48)49;;/h7-10,19-21,24H,3-6,11-18,22-23H2,1-2H3,(H,48,49)(H,42,43,44);2*1H. The van der Waals surface area contributed by atoms with Crippen LogP contribution in [0.25, 0.3) is 33.8 Å². The topological polar surface area (TPSA) is 111 Å². The lowest BCUT2D eigenvalue weighted by Gasteiger charge is -2.35. The number of anilines is 2. The first-order valence-electron chi connectivity index (χ1n) is 17.5. The molecular formula is C37H46Cl2F3N7O3. The van der Waals surface area contributed by atoms with Crippen molar-refractivity contribution >= 4 is 53.3 Å². The van der Waals surface area contributed by atoms with Gasteiger partial charge < -0.3 is 24.6 Å². The van der Waals surface area contributed by atoms with Gasteiger partial charge in [-0.3, -0.25) is 14.7 Å². The SMILES string of the molecule is COCC1(CN(C)c2cc(-c3cnc(C4CC4)c(C(F)(F)F)c3)nc3nc(-c4ccc(N5CCN(CCC(=O)O)CC5)cc4)[nH]c23)CCCC1.Cl.Cl. The third-order valence-electron chi connectivity index (χ3n) is 10.5. The predicted octanol–water partition coefficient (Wildman–Crippen LogP) is 7.67. The second-order valence-electron chi connectivity index (χ2n) is 14.3. The average molecular weight is 765 g/mol. The Balaban J connectivity index is 0.00000261. The lowest BCUT2D eigenvalue weighted by molar-refractivity contribution is -0.139. The van der Waals surface area contributed by atoms with Gasteiger partial charge >= 0.3 is 12.1 Å². The fourth-order valence-electron chi connectivity index (χ4n) is 7.76. The van der Waals surface area contributed by atoms with Crippen molar-refractivity contribution in [3.05, 3.63) is 53.9 Å². The monoisotopic (exact) mass is 763 g/mol. The third-order valence-corrected chi connectivity index (χ3v) is 10.5. The van der Waals surface area contributed by atoms with Crippen LogP contribution in [0.3, 0.4) is 0 Å². The minimum atomic E-state index is -4.51. The maximum atomic E-state index is 14.2. The number of fused-ring (bicyclic) bond motifs is 1. The van der Waals surface area contributed by atoms with Crippen LogP contribution in [-0.2, 0) is 15.7 Å². The fraction of sp³-hybridized carbons (Fsp3) is 0.514. The molecule has 0 bridgehead atoms. The summed E-state index contributed by atoms with van der Waals surface area (Å²) in [5, 5.41) is 9.00. The molecule has 0 radical (unpaired) electrons. The summed E-state index contributed by atoms with van der Waals surface area (Å²) in [5.74, 6) is -0.303. The lowest BCUT2D eigenvalue weighted by atomic mass is 9.86. The number of alkyl halides is 3. The number of carboxylic acids is 1. The largest absolute Gasteiger partial charge is 0.481 e. The number of aliphatic carboxylic acids is 1. The highest BCUT2D eigenvalue weighted by atomic mass is 35.5. The summed E-state index contributed by atoms with van der Waals surface area (Å²) in [6, 6.07) is 11.2. The average Bonchev–Trinajstić information content (AvgIpc) is 3.70. The molecule has 3 aliphatic rings. The van der Waals surface area contributed by atoms with Crippen LogP contribution in [0.15, 0.2) is 42.6 Å². The molecule has 3 fully saturated rings. The number of aromatic nitrogens is 4. The zero-order valence-electron chi connectivity index (χ0n) is 29.4. The number of nitrogens with zero attached hydrogens (tertiary/aromatic N) is 6. The maximum Gasteiger partial charge on any atom is 0.418 e. The van der Waals surface area contributed by atoms with Gasteiger partial charge in [-0.2, -0.15) is 13.2 Å². The van der Waals surface area contributed by atoms with Crippen LogP contribution < -0.4 is 9.80 Å². The van der Waals surface area contributed by atoms with Crippen LogP contribution >= 0.6 is 24.8 Å². The van der Waals surface area contributed by atoms with Crippen LogP contribution in [0, 0.1) is 5.41 Å². The Morgan fingerprint density at radius 1 is 1.04 bits per heavy atom. The van der Waals surface area contributed by atoms with Gasteiger partial charge in [-0.05, 0) is 62.1 Å². The van der Waals surface area contributed by atoms with E-state index in [-0.39, 0.29) is 48.3 Å². The van der Waals surface area contributed by atoms with Crippen LogP contribution in [0.2, 0.25) is 0 Å². The van der Waals surface area contributed by atoms with Crippen molar-refractivity contribution in [1.29, 1.82) is 0 Å². The molecule has 0 unspecified atom stereocenters. The van der Waals surface area contributed by atoms with Crippen LogP contribution in [-0.4, -0.2) is 95.9 Å². The van der Waals surface area contributed by atoms with E-state index in [0.29, 0.717) is 35.9 Å². The van der Waals surface area contributed by atoms with E-state index in [2.05, 4.69) is 36.8 Å². The molecule has 0 amide bonds. The van der Waals surface area contributed by atoms with Crippen molar-refractivity contribution in [3.8, 4) is 22.6 Å². The van der Waals surface area contributed by atoms with Gasteiger partial charge in [0.25, 0.3) is 0 Å². The number of pyridine rings is 2. The Bertz CT molecular complexity index is 1840. The molecule has 282 valence electrons. The van der Waals surface area contributed by atoms with Gasteiger partial charge in [0, 0.05) is 87.8 Å². The first-order valence-corrected chi connectivity index (χ1v) is 17.5. The molecule has 15 heteroatoms. The molecule has 4 heterocycles. The number of methoxy groups -OCH3 is 1. The van der Waals surface area contributed by atoms with E-state index in [9.17, 15) is 18.0 Å². The number of imidazole rings is 1. The van der Waals surface area contributed by atoms with E-state index >= 15 is 0 Å². The second-order valence-corrected chi connectivity index (χ2v) is 14.3. The number of hydrogen-bond donors (Lipinski definition) is 2. The van der Waals surface area contributed by atoms with Crippen molar-refractivity contribution in [3.63, 3.8) is 0 Å². The van der Waals surface area contributed by atoms with Crippen LogP contribution in [0.5, 0.6) is 0 Å². The quantitative estimate of drug-likeness (QED) is 0.150. The summed E-state index contributed by atoms with van der Waals surface area (Å²) in [7, 11) is 3.74. The van der Waals surface area contributed by atoms with Gasteiger partial charge in [-0.1, -0.05) is 12.8 Å². The number of carbonyl (C=O) groups is 1. The highest BCUT2D eigenvalue weighted by molar-refractivity contribution is 5.91. The Hall–Kier alpha value is -3.65. The van der Waals surface area contributed by atoms with Gasteiger partial charge in [-0.25, -0.2) is 9.97 Å². The van der Waals surface area contributed by atoms with Crippen molar-refractivity contribution in [1.82, 2.24) is 24.8 Å². The number of benzene rings is 1. The summed E-state index contributed by atoms with van der Waals surface area (Å²) in [6.07, 6.45) is 2.96. The van der Waals surface area contributed by atoms with E-state index in [1.807, 2.05) is 25.2 Å². The molecule has 52 heavy (non-hydrogen) atoms. The van der Waals surface area contributed by atoms with Crippen LogP contribution in [0.1, 0.15) is 62.1 Å². The van der Waals surface area contributed by atoms with E-state index < -0.39 is 17.7 Å². The van der Waals surface area contributed by atoms with Gasteiger partial charge in [-0.15, -0.1) is 24.8 Å². The molecule has 1 aromatic carbocycles. The van der Waals surface area contributed by atoms with Crippen molar-refractivity contribution in [2.24, 2.45) is 5.41 Å². The highest BCUT2D eigenvalue weighted by Crippen LogP contribution is 2.46. The molecule has 0 spiro atoms. The minimum absolute atomic E-state index is 0. The highest BCUT2D eigenvalue weighted by Gasteiger charge is 2.40. The smallest absolute Gasteiger partial charge is 0.418 e. The molecule has 2 aliphatic carbocycles. The van der Waals surface area contributed by atoms with E-state index in [1.54, 1.807) is 7.11 Å². The Morgan fingerprint density at radius 2 is 1.73 bits per heavy atom. The number of hydrogen-bond acceptors (Lipinski definition) is 8. The number of ether oxygens (including phenoxy) is 1. The number of piperazine rings is 1. The summed E-state index contributed by atoms with van der Waals surface area (Å²) in [4.78, 5) is 35.1. The Kier molecular flexibility index (Phi) is 12.3. The van der Waals surface area contributed by atoms with Crippen molar-refractivity contribution in [2.75, 3.05) is 69.8 Å². The van der Waals surface area contributed by atoms with Gasteiger partial charge in [0.15, 0.2) is 5.65 Å². The van der Waals surface area contributed by atoms with Gasteiger partial charge in [0.1, 0.15) is 11.3 Å². The number of H-pyrrole nitrogens is 1. The molecule has 7 rings (SSSR count). The first-order chi connectivity index (χ1) is 24.0. The molecule has 1 aliphatic heterocycles. The number of halogens is 5. The molecular weight excluding hydrogens is 718 g/mol. The summed E-state index contributed by atoms with van der Waals surface area (Å²) in [6.45, 7) is 5.14. The molecule has 4 aromatic rings. The normalized spacial score (nSPS) is 17.5. The molecule has 0 atom stereocenters. The van der Waals surface area contributed by atoms with E-state index in [0.717, 1.165) is 93.7 Å². The molecule has 2 saturated carbocycles. The summed E-state index contributed by atoms with van der Waals surface area (Å²) >= 11 is 0. The lowest BCUT2D eigenvalue weighted by Crippen LogP contribution is -2.46. The number of aromatic amines is 1. The Morgan fingerprint density at radius 3 is 2.35 bits per heavy atom. The minimum Gasteiger partial charge on any atom is -0.481 e. The first kappa shape index (κ1) is 39.6. The molecule has 2 N–H and O–H groups in total. The zero-order valence-corrected chi connectivity index (χ0v) is 31.0. The van der Waals surface area contributed by atoms with E-state index in [1.165, 1.54) is 12.3 Å². The van der Waals surface area contributed by atoms with Crippen LogP contribution in [0.4, 0.5) is 24.5 Å². The molecule has 1 saturated heterocycles. The van der Waals surface area contributed by atoms with E-state index in [4.69, 9.17) is 19.8 Å². The number of carboxylic acid groups (broad SMARTS) is 1. The van der Waals surface area contributed by atoms with Crippen molar-refractivity contribution < 1.29 is 27.8 Å². The second kappa shape index (κ2) is 16.2. The van der Waals surface area contributed by atoms with Gasteiger partial charge in [0.05, 0.1) is 35.7 Å². The zero-order chi connectivity index (χ0) is 35.0. The van der Waals surface area contributed by atoms with Crippen molar-refractivity contribution in [2.45, 2.75) is 57.0 Å². The number of nitrogens with one attached hydrogen (secondary N) is 1. The maximum absolute atomic E-state index is 14.2. The summed E-state index contributed by atoms with van der Waals surface area (Å²) < 4.78 is 48.3. The fourth-order valence-corrected chi connectivity index (χ4v) is 7.76. The molecule has 10 nitrogen and oxygen atoms in total. The summed E-state index contributed by atoms with van der Waals surface area (Å²) in [5.41, 5.74) is 4.00. The Labute approximate surface area is 314 Å². The van der Waals surface area contributed by atoms with Gasteiger partial charge in [0.2, 0.25) is 0 Å².